The van der Waals surface area contributed by atoms with Crippen molar-refractivity contribution in [1.82, 2.24) is 9.97 Å². The van der Waals surface area contributed by atoms with Crippen LogP contribution < -0.4 is 16.4 Å². The highest BCUT2D eigenvalue weighted by Crippen LogP contribution is 2.28. The van der Waals surface area contributed by atoms with Crippen LogP contribution in [-0.2, 0) is 0 Å². The monoisotopic (exact) mass is 333 g/mol. The number of rotatable bonds is 5. The third-order valence-corrected chi connectivity index (χ3v) is 3.72. The van der Waals surface area contributed by atoms with Gasteiger partial charge in [0.15, 0.2) is 17.4 Å². The van der Waals surface area contributed by atoms with E-state index < -0.39 is 0 Å². The Morgan fingerprint density at radius 2 is 1.60 bits per heavy atom. The Morgan fingerprint density at radius 1 is 0.960 bits per heavy atom. The van der Waals surface area contributed by atoms with Gasteiger partial charge < -0.3 is 16.4 Å². The summed E-state index contributed by atoms with van der Waals surface area (Å²) in [6, 6.07) is 15.1. The van der Waals surface area contributed by atoms with Crippen LogP contribution in [0.2, 0.25) is 0 Å². The molecule has 1 heterocycles. The Morgan fingerprint density at radius 3 is 2.20 bits per heavy atom. The summed E-state index contributed by atoms with van der Waals surface area (Å²) in [5.74, 6) is 1.06. The molecule has 0 radical (unpaired) electrons. The van der Waals surface area contributed by atoms with Gasteiger partial charge in [0.2, 0.25) is 0 Å². The summed E-state index contributed by atoms with van der Waals surface area (Å²) in [4.78, 5) is 19.7. The second kappa shape index (κ2) is 7.00. The second-order valence-corrected chi connectivity index (χ2v) is 5.74. The SMILES string of the molecule is CC(=O)c1ccc(Nc2ncnc(Nc3cccc(C)c3)c2N)cc1. The molecule has 0 spiro atoms. The van der Waals surface area contributed by atoms with Gasteiger partial charge in [-0.05, 0) is 55.8 Å². The molecule has 3 aromatic rings. The summed E-state index contributed by atoms with van der Waals surface area (Å²) in [6.07, 6.45) is 1.45. The zero-order chi connectivity index (χ0) is 17.8. The number of nitrogens with zero attached hydrogens (tertiary/aromatic N) is 2. The molecule has 3 rings (SSSR count). The number of aromatic nitrogens is 2. The van der Waals surface area contributed by atoms with Crippen molar-refractivity contribution in [3.05, 3.63) is 66.0 Å². The van der Waals surface area contributed by atoms with E-state index in [0.717, 1.165) is 16.9 Å². The standard InChI is InChI=1S/C19H19N5O/c1-12-4-3-5-16(10-12)24-19-17(20)18(21-11-22-19)23-15-8-6-14(7-9-15)13(2)25/h3-11H,20H2,1-2H3,(H2,21,22,23,24). The lowest BCUT2D eigenvalue weighted by molar-refractivity contribution is 0.101. The van der Waals surface area contributed by atoms with E-state index >= 15 is 0 Å². The van der Waals surface area contributed by atoms with Crippen LogP contribution in [0.3, 0.4) is 0 Å². The van der Waals surface area contributed by atoms with E-state index in [4.69, 9.17) is 5.73 Å². The van der Waals surface area contributed by atoms with Crippen LogP contribution in [0.5, 0.6) is 0 Å². The molecule has 0 amide bonds. The fourth-order valence-electron chi connectivity index (χ4n) is 2.38. The van der Waals surface area contributed by atoms with E-state index in [0.29, 0.717) is 22.9 Å². The van der Waals surface area contributed by atoms with E-state index in [2.05, 4.69) is 20.6 Å². The number of ketones is 1. The Bertz CT molecular complexity index is 906. The Labute approximate surface area is 146 Å². The van der Waals surface area contributed by atoms with Gasteiger partial charge in [0.25, 0.3) is 0 Å². The van der Waals surface area contributed by atoms with Crippen LogP contribution in [0.4, 0.5) is 28.7 Å². The lowest BCUT2D eigenvalue weighted by atomic mass is 10.1. The molecule has 25 heavy (non-hydrogen) atoms. The Kier molecular flexibility index (Phi) is 4.61. The number of hydrogen-bond donors (Lipinski definition) is 3. The third-order valence-electron chi connectivity index (χ3n) is 3.72. The largest absolute Gasteiger partial charge is 0.393 e. The molecule has 0 aliphatic carbocycles. The van der Waals surface area contributed by atoms with Crippen LogP contribution >= 0.6 is 0 Å². The lowest BCUT2D eigenvalue weighted by Gasteiger charge is -2.13. The molecule has 126 valence electrons. The maximum atomic E-state index is 11.3. The summed E-state index contributed by atoms with van der Waals surface area (Å²) >= 11 is 0. The number of carbonyl (C=O) groups is 1. The van der Waals surface area contributed by atoms with Gasteiger partial charge in [0.05, 0.1) is 0 Å². The number of benzene rings is 2. The molecule has 0 fully saturated rings. The predicted octanol–water partition coefficient (Wildman–Crippen LogP) is 4.06. The van der Waals surface area contributed by atoms with Crippen molar-refractivity contribution >= 4 is 34.5 Å². The number of anilines is 5. The molecular weight excluding hydrogens is 314 g/mol. The van der Waals surface area contributed by atoms with Gasteiger partial charge in [-0.15, -0.1) is 0 Å². The van der Waals surface area contributed by atoms with Crippen LogP contribution in [0, 0.1) is 6.92 Å². The number of Topliss-reactive ketones (excluding diaryl/α,β-unsaturated/α-hetero) is 1. The summed E-state index contributed by atoms with van der Waals surface area (Å²) in [5, 5.41) is 6.35. The molecule has 1 aromatic heterocycles. The zero-order valence-corrected chi connectivity index (χ0v) is 14.1. The first-order valence-electron chi connectivity index (χ1n) is 7.85. The molecule has 6 nitrogen and oxygen atoms in total. The molecule has 0 aliphatic heterocycles. The molecule has 0 unspecified atom stereocenters. The number of nitrogens with one attached hydrogen (secondary N) is 2. The number of hydrogen-bond acceptors (Lipinski definition) is 6. The van der Waals surface area contributed by atoms with Gasteiger partial charge in [-0.3, -0.25) is 4.79 Å². The van der Waals surface area contributed by atoms with Crippen molar-refractivity contribution in [2.45, 2.75) is 13.8 Å². The highest BCUT2D eigenvalue weighted by molar-refractivity contribution is 5.94. The topological polar surface area (TPSA) is 92.9 Å². The lowest BCUT2D eigenvalue weighted by Crippen LogP contribution is -2.05. The Hall–Kier alpha value is -3.41. The molecule has 4 N–H and O–H groups in total. The van der Waals surface area contributed by atoms with Crippen molar-refractivity contribution in [3.63, 3.8) is 0 Å². The minimum Gasteiger partial charge on any atom is -0.393 e. The van der Waals surface area contributed by atoms with Gasteiger partial charge in [-0.1, -0.05) is 12.1 Å². The molecule has 0 saturated carbocycles. The first-order valence-corrected chi connectivity index (χ1v) is 7.85. The quantitative estimate of drug-likeness (QED) is 0.610. The molecule has 0 atom stereocenters. The summed E-state index contributed by atoms with van der Waals surface area (Å²) in [6.45, 7) is 3.56. The molecule has 0 saturated heterocycles. The van der Waals surface area contributed by atoms with Gasteiger partial charge in [-0.2, -0.15) is 0 Å². The zero-order valence-electron chi connectivity index (χ0n) is 14.1. The van der Waals surface area contributed by atoms with E-state index in [1.807, 2.05) is 43.3 Å². The molecule has 2 aromatic carbocycles. The first-order chi connectivity index (χ1) is 12.0. The van der Waals surface area contributed by atoms with E-state index in [1.165, 1.54) is 13.3 Å². The van der Waals surface area contributed by atoms with Crippen LogP contribution in [0.1, 0.15) is 22.8 Å². The fraction of sp³-hybridized carbons (Fsp3) is 0.105. The fourth-order valence-corrected chi connectivity index (χ4v) is 2.38. The average Bonchev–Trinajstić information content (AvgIpc) is 2.59. The predicted molar refractivity (Wildman–Crippen MR) is 101 cm³/mol. The van der Waals surface area contributed by atoms with Crippen molar-refractivity contribution in [2.75, 3.05) is 16.4 Å². The van der Waals surface area contributed by atoms with Crippen LogP contribution in [0.15, 0.2) is 54.9 Å². The van der Waals surface area contributed by atoms with E-state index in [9.17, 15) is 4.79 Å². The van der Waals surface area contributed by atoms with E-state index in [1.54, 1.807) is 12.1 Å². The maximum Gasteiger partial charge on any atom is 0.159 e. The number of nitrogens with two attached hydrogens (primary N) is 1. The molecule has 0 bridgehead atoms. The van der Waals surface area contributed by atoms with Crippen LogP contribution in [0.25, 0.3) is 0 Å². The number of carbonyl (C=O) groups excluding carboxylic acids is 1. The second-order valence-electron chi connectivity index (χ2n) is 5.74. The summed E-state index contributed by atoms with van der Waals surface area (Å²) in [5.41, 5.74) is 10.1. The van der Waals surface area contributed by atoms with Crippen molar-refractivity contribution in [3.8, 4) is 0 Å². The number of aryl methyl sites for hydroxylation is 1. The van der Waals surface area contributed by atoms with Crippen molar-refractivity contribution in [1.29, 1.82) is 0 Å². The van der Waals surface area contributed by atoms with Gasteiger partial charge in [0, 0.05) is 16.9 Å². The molecular formula is C19H19N5O. The van der Waals surface area contributed by atoms with Gasteiger partial charge >= 0.3 is 0 Å². The van der Waals surface area contributed by atoms with Crippen molar-refractivity contribution in [2.24, 2.45) is 0 Å². The smallest absolute Gasteiger partial charge is 0.159 e. The molecule has 6 heteroatoms. The molecule has 0 aliphatic rings. The normalized spacial score (nSPS) is 10.3. The summed E-state index contributed by atoms with van der Waals surface area (Å²) < 4.78 is 0. The minimum absolute atomic E-state index is 0.0257. The maximum absolute atomic E-state index is 11.3. The highest BCUT2D eigenvalue weighted by atomic mass is 16.1. The third kappa shape index (κ3) is 3.92. The van der Waals surface area contributed by atoms with Crippen LogP contribution in [-0.4, -0.2) is 15.8 Å². The highest BCUT2D eigenvalue weighted by Gasteiger charge is 2.09. The number of nitrogen functional groups attached to an aromatic ring is 1. The van der Waals surface area contributed by atoms with Gasteiger partial charge in [0.1, 0.15) is 12.0 Å². The van der Waals surface area contributed by atoms with Crippen molar-refractivity contribution < 1.29 is 4.79 Å². The first kappa shape index (κ1) is 16.4. The van der Waals surface area contributed by atoms with Gasteiger partial charge in [-0.25, -0.2) is 9.97 Å². The minimum atomic E-state index is 0.0257. The Balaban J connectivity index is 1.82. The summed E-state index contributed by atoms with van der Waals surface area (Å²) in [7, 11) is 0. The average molecular weight is 333 g/mol. The van der Waals surface area contributed by atoms with E-state index in [-0.39, 0.29) is 5.78 Å².